The Morgan fingerprint density at radius 1 is 0.333 bits per heavy atom. The highest BCUT2D eigenvalue weighted by atomic mass is 16.5. The van der Waals surface area contributed by atoms with Crippen LogP contribution in [0.2, 0.25) is 0 Å². The second-order valence-corrected chi connectivity index (χ2v) is 10.6. The summed E-state index contributed by atoms with van der Waals surface area (Å²) < 4.78 is 23.7. The third-order valence-corrected chi connectivity index (χ3v) is 5.01. The van der Waals surface area contributed by atoms with Crippen LogP contribution >= 0.6 is 0 Å². The van der Waals surface area contributed by atoms with Gasteiger partial charge in [0, 0.05) is 0 Å². The topological polar surface area (TPSA) is 36.9 Å². The molecule has 0 aliphatic carbocycles. The maximum absolute atomic E-state index is 5.99. The van der Waals surface area contributed by atoms with Crippen molar-refractivity contribution in [1.29, 1.82) is 0 Å². The Hall–Kier alpha value is -3.92. The van der Waals surface area contributed by atoms with Crippen molar-refractivity contribution in [3.63, 3.8) is 0 Å². The molecule has 4 rings (SSSR count). The van der Waals surface area contributed by atoms with E-state index in [1.54, 1.807) is 0 Å². The Morgan fingerprint density at radius 2 is 0.556 bits per heavy atom. The van der Waals surface area contributed by atoms with Crippen molar-refractivity contribution in [3.8, 4) is 45.6 Å². The number of hydrogen-bond acceptors (Lipinski definition) is 4. The molecule has 0 saturated carbocycles. The molecule has 4 nitrogen and oxygen atoms in total. The highest BCUT2D eigenvalue weighted by Crippen LogP contribution is 2.30. The summed E-state index contributed by atoms with van der Waals surface area (Å²) in [6.07, 6.45) is 0. The van der Waals surface area contributed by atoms with E-state index in [0.717, 1.165) is 45.6 Å². The average molecular weight is 483 g/mol. The molecule has 0 aromatic heterocycles. The zero-order valence-electron chi connectivity index (χ0n) is 21.9. The van der Waals surface area contributed by atoms with Crippen molar-refractivity contribution < 1.29 is 18.9 Å². The van der Waals surface area contributed by atoms with Gasteiger partial charge >= 0.3 is 0 Å². The van der Waals surface area contributed by atoms with Gasteiger partial charge in [0.15, 0.2) is 0 Å². The van der Waals surface area contributed by atoms with Crippen LogP contribution in [0.4, 0.5) is 0 Å². The second-order valence-electron chi connectivity index (χ2n) is 10.6. The fraction of sp³-hybridized carbons (Fsp3) is 0.250. The van der Waals surface area contributed by atoms with Crippen LogP contribution in [0.3, 0.4) is 0 Å². The predicted octanol–water partition coefficient (Wildman–Crippen LogP) is 9.29. The van der Waals surface area contributed by atoms with Crippen LogP contribution in [0.15, 0.2) is 97.1 Å². The molecule has 0 atom stereocenters. The largest absolute Gasteiger partial charge is 0.488 e. The van der Waals surface area contributed by atoms with Crippen molar-refractivity contribution in [2.45, 2.75) is 52.7 Å². The Bertz CT molecular complexity index is 1140. The zero-order valence-corrected chi connectivity index (χ0v) is 21.9. The molecule has 0 aliphatic rings. The molecule has 186 valence electrons. The van der Waals surface area contributed by atoms with E-state index in [4.69, 9.17) is 18.9 Å². The minimum atomic E-state index is -0.227. The molecule has 0 fully saturated rings. The summed E-state index contributed by atoms with van der Waals surface area (Å²) in [5.41, 5.74) is 1.75. The summed E-state index contributed by atoms with van der Waals surface area (Å²) in [6.45, 7) is 12.2. The molecule has 0 aliphatic heterocycles. The highest BCUT2D eigenvalue weighted by Gasteiger charge is 2.12. The van der Waals surface area contributed by atoms with Crippen molar-refractivity contribution in [1.82, 2.24) is 0 Å². The van der Waals surface area contributed by atoms with Crippen molar-refractivity contribution in [2.24, 2.45) is 0 Å². The first-order chi connectivity index (χ1) is 17.0. The molecule has 0 saturated heterocycles. The molecule has 0 heterocycles. The molecule has 4 heteroatoms. The lowest BCUT2D eigenvalue weighted by Gasteiger charge is -2.21. The summed E-state index contributed by atoms with van der Waals surface area (Å²) in [7, 11) is 0. The van der Waals surface area contributed by atoms with E-state index in [9.17, 15) is 0 Å². The molecular weight excluding hydrogens is 448 g/mol. The molecule has 4 aromatic rings. The van der Waals surface area contributed by atoms with E-state index in [-0.39, 0.29) is 11.2 Å². The SMILES string of the molecule is CC(C)(C)Oc1ccc(Oc2ccc(-c3ccc(Oc4ccc(OC(C)(C)C)cc4)cc3)cc2)cc1. The maximum Gasteiger partial charge on any atom is 0.127 e. The fourth-order valence-electron chi connectivity index (χ4n) is 3.56. The van der Waals surface area contributed by atoms with Gasteiger partial charge in [0.05, 0.1) is 0 Å². The Balaban J connectivity index is 1.35. The minimum absolute atomic E-state index is 0.227. The smallest absolute Gasteiger partial charge is 0.127 e. The molecular formula is C32H34O4. The fourth-order valence-corrected chi connectivity index (χ4v) is 3.56. The van der Waals surface area contributed by atoms with Gasteiger partial charge in [0.2, 0.25) is 0 Å². The lowest BCUT2D eigenvalue weighted by molar-refractivity contribution is 0.130. The van der Waals surface area contributed by atoms with Crippen LogP contribution < -0.4 is 18.9 Å². The van der Waals surface area contributed by atoms with Gasteiger partial charge in [-0.25, -0.2) is 0 Å². The average Bonchev–Trinajstić information content (AvgIpc) is 2.81. The first kappa shape index (κ1) is 25.2. The first-order valence-corrected chi connectivity index (χ1v) is 12.2. The highest BCUT2D eigenvalue weighted by molar-refractivity contribution is 5.65. The second kappa shape index (κ2) is 10.4. The quantitative estimate of drug-likeness (QED) is 0.263. The van der Waals surface area contributed by atoms with Crippen molar-refractivity contribution >= 4 is 0 Å². The van der Waals surface area contributed by atoms with Crippen molar-refractivity contribution in [3.05, 3.63) is 97.1 Å². The van der Waals surface area contributed by atoms with Gasteiger partial charge in [0.1, 0.15) is 45.7 Å². The van der Waals surface area contributed by atoms with E-state index >= 15 is 0 Å². The van der Waals surface area contributed by atoms with Gasteiger partial charge in [-0.2, -0.15) is 0 Å². The number of hydrogen-bond donors (Lipinski definition) is 0. The van der Waals surface area contributed by atoms with Crippen LogP contribution in [-0.2, 0) is 0 Å². The van der Waals surface area contributed by atoms with E-state index < -0.39 is 0 Å². The third-order valence-electron chi connectivity index (χ3n) is 5.01. The van der Waals surface area contributed by atoms with E-state index in [2.05, 4.69) is 24.3 Å². The first-order valence-electron chi connectivity index (χ1n) is 12.2. The summed E-state index contributed by atoms with van der Waals surface area (Å²) in [5.74, 6) is 4.74. The molecule has 0 amide bonds. The summed E-state index contributed by atoms with van der Waals surface area (Å²) in [6, 6.07) is 31.5. The van der Waals surface area contributed by atoms with Gasteiger partial charge < -0.3 is 18.9 Å². The standard InChI is InChI=1S/C32H34O4/c1-31(2,3)35-29-19-15-27(16-20-29)33-25-11-7-23(8-12-25)24-9-13-26(14-10-24)34-28-17-21-30(22-18-28)36-32(4,5)6/h7-22H,1-6H3. The Labute approximate surface area is 214 Å². The van der Waals surface area contributed by atoms with Crippen LogP contribution in [-0.4, -0.2) is 11.2 Å². The summed E-state index contributed by atoms with van der Waals surface area (Å²) in [5, 5.41) is 0. The monoisotopic (exact) mass is 482 g/mol. The van der Waals surface area contributed by atoms with E-state index in [0.29, 0.717) is 0 Å². The number of rotatable bonds is 7. The van der Waals surface area contributed by atoms with Gasteiger partial charge in [-0.3, -0.25) is 0 Å². The minimum Gasteiger partial charge on any atom is -0.488 e. The van der Waals surface area contributed by atoms with Crippen LogP contribution in [0.25, 0.3) is 11.1 Å². The zero-order chi connectivity index (χ0) is 25.8. The molecule has 0 bridgehead atoms. The predicted molar refractivity (Wildman–Crippen MR) is 146 cm³/mol. The van der Waals surface area contributed by atoms with Crippen LogP contribution in [0, 0.1) is 0 Å². The van der Waals surface area contributed by atoms with E-state index in [1.165, 1.54) is 0 Å². The molecule has 0 N–H and O–H groups in total. The lowest BCUT2D eigenvalue weighted by atomic mass is 10.1. The van der Waals surface area contributed by atoms with E-state index in [1.807, 2.05) is 114 Å². The van der Waals surface area contributed by atoms with Crippen LogP contribution in [0.5, 0.6) is 34.5 Å². The normalized spacial score (nSPS) is 11.6. The molecule has 36 heavy (non-hydrogen) atoms. The Kier molecular flexibility index (Phi) is 7.25. The lowest BCUT2D eigenvalue weighted by Crippen LogP contribution is -2.22. The van der Waals surface area contributed by atoms with Gasteiger partial charge in [0.25, 0.3) is 0 Å². The molecule has 0 unspecified atom stereocenters. The van der Waals surface area contributed by atoms with Crippen molar-refractivity contribution in [2.75, 3.05) is 0 Å². The molecule has 4 aromatic carbocycles. The summed E-state index contributed by atoms with van der Waals surface area (Å²) >= 11 is 0. The van der Waals surface area contributed by atoms with Gasteiger partial charge in [-0.15, -0.1) is 0 Å². The third kappa shape index (κ3) is 7.54. The van der Waals surface area contributed by atoms with Gasteiger partial charge in [-0.05, 0) is 125 Å². The number of ether oxygens (including phenoxy) is 4. The number of benzene rings is 4. The maximum atomic E-state index is 5.99. The molecule has 0 spiro atoms. The Morgan fingerprint density at radius 3 is 0.806 bits per heavy atom. The summed E-state index contributed by atoms with van der Waals surface area (Å²) in [4.78, 5) is 0. The molecule has 0 radical (unpaired) electrons. The van der Waals surface area contributed by atoms with Gasteiger partial charge in [-0.1, -0.05) is 24.3 Å². The van der Waals surface area contributed by atoms with Crippen LogP contribution in [0.1, 0.15) is 41.5 Å².